The van der Waals surface area contributed by atoms with Gasteiger partial charge in [0.1, 0.15) is 21.6 Å². The van der Waals surface area contributed by atoms with Crippen LogP contribution in [0.5, 0.6) is 0 Å². The van der Waals surface area contributed by atoms with Gasteiger partial charge in [-0.3, -0.25) is 9.59 Å². The third-order valence-corrected chi connectivity index (χ3v) is 6.63. The summed E-state index contributed by atoms with van der Waals surface area (Å²) in [5, 5.41) is 0.806. The number of thiophene rings is 1. The Balaban J connectivity index is 1.66. The number of morpholine rings is 1. The normalized spacial score (nSPS) is 17.3. The standard InChI is InChI=1S/C22H22FN3O3S/c1-22(2,13-5-3-6-14(23)11-13)21(28)26-9-10-29-16(12-26)17-15-7-4-8-25-20(15)30-18(17)19(24)27/h3-8,11,16H,9-10,12H2,1-2H3,(H2,24,27). The number of amides is 2. The Bertz CT molecular complexity index is 1130. The quantitative estimate of drug-likeness (QED) is 0.691. The van der Waals surface area contributed by atoms with Gasteiger partial charge in [0, 0.05) is 23.7 Å². The fourth-order valence-electron chi connectivity index (χ4n) is 3.86. The van der Waals surface area contributed by atoms with Gasteiger partial charge in [0.15, 0.2) is 0 Å². The Morgan fingerprint density at radius 1 is 1.30 bits per heavy atom. The van der Waals surface area contributed by atoms with Crippen LogP contribution in [0.2, 0.25) is 0 Å². The summed E-state index contributed by atoms with van der Waals surface area (Å²) in [6.07, 6.45) is 1.17. The van der Waals surface area contributed by atoms with Crippen LogP contribution in [0.4, 0.5) is 4.39 Å². The van der Waals surface area contributed by atoms with Crippen molar-refractivity contribution in [3.8, 4) is 0 Å². The monoisotopic (exact) mass is 427 g/mol. The SMILES string of the molecule is CC(C)(C(=O)N1CCOC(c2c(C(N)=O)sc3ncccc23)C1)c1cccc(F)c1. The van der Waals surface area contributed by atoms with Crippen LogP contribution < -0.4 is 5.73 Å². The van der Waals surface area contributed by atoms with Crippen molar-refractivity contribution < 1.29 is 18.7 Å². The van der Waals surface area contributed by atoms with E-state index in [-0.39, 0.29) is 18.3 Å². The fraction of sp³-hybridized carbons (Fsp3) is 0.318. The fourth-order valence-corrected chi connectivity index (χ4v) is 4.90. The van der Waals surface area contributed by atoms with Crippen LogP contribution >= 0.6 is 11.3 Å². The summed E-state index contributed by atoms with van der Waals surface area (Å²) >= 11 is 1.23. The number of nitrogens with zero attached hydrogens (tertiary/aromatic N) is 2. The summed E-state index contributed by atoms with van der Waals surface area (Å²) < 4.78 is 19.7. The van der Waals surface area contributed by atoms with Gasteiger partial charge in [0.25, 0.3) is 5.91 Å². The highest BCUT2D eigenvalue weighted by Gasteiger charge is 2.38. The lowest BCUT2D eigenvalue weighted by Crippen LogP contribution is -2.49. The largest absolute Gasteiger partial charge is 0.370 e. The minimum atomic E-state index is -0.908. The van der Waals surface area contributed by atoms with Gasteiger partial charge < -0.3 is 15.4 Å². The van der Waals surface area contributed by atoms with Crippen LogP contribution in [-0.2, 0) is 14.9 Å². The average Bonchev–Trinajstić information content (AvgIpc) is 3.13. The molecule has 3 heterocycles. The number of fused-ring (bicyclic) bond motifs is 1. The molecule has 8 heteroatoms. The van der Waals surface area contributed by atoms with E-state index in [9.17, 15) is 14.0 Å². The molecule has 0 radical (unpaired) electrons. The van der Waals surface area contributed by atoms with Crippen molar-refractivity contribution >= 4 is 33.4 Å². The number of pyridine rings is 1. The van der Waals surface area contributed by atoms with Gasteiger partial charge in [0.05, 0.1) is 18.6 Å². The first-order valence-electron chi connectivity index (χ1n) is 9.63. The molecule has 1 fully saturated rings. The second kappa shape index (κ2) is 7.77. The number of aromatic nitrogens is 1. The molecule has 2 amide bonds. The van der Waals surface area contributed by atoms with Crippen LogP contribution in [0.15, 0.2) is 42.6 Å². The summed E-state index contributed by atoms with van der Waals surface area (Å²) in [7, 11) is 0. The third kappa shape index (κ3) is 3.57. The molecule has 1 saturated heterocycles. The first-order valence-corrected chi connectivity index (χ1v) is 10.4. The van der Waals surface area contributed by atoms with E-state index in [4.69, 9.17) is 10.5 Å². The van der Waals surface area contributed by atoms with E-state index in [1.165, 1.54) is 23.5 Å². The van der Waals surface area contributed by atoms with Gasteiger partial charge in [0.2, 0.25) is 5.91 Å². The van der Waals surface area contributed by atoms with E-state index < -0.39 is 17.4 Å². The maximum Gasteiger partial charge on any atom is 0.259 e. The summed E-state index contributed by atoms with van der Waals surface area (Å²) in [5.41, 5.74) is 5.99. The molecule has 2 N–H and O–H groups in total. The first-order chi connectivity index (χ1) is 14.3. The van der Waals surface area contributed by atoms with Gasteiger partial charge in [-0.1, -0.05) is 18.2 Å². The van der Waals surface area contributed by atoms with Crippen LogP contribution in [0.1, 0.15) is 40.8 Å². The first kappa shape index (κ1) is 20.4. The molecule has 6 nitrogen and oxygen atoms in total. The number of benzene rings is 1. The van der Waals surface area contributed by atoms with E-state index in [2.05, 4.69) is 4.98 Å². The topological polar surface area (TPSA) is 85.5 Å². The van der Waals surface area contributed by atoms with Gasteiger partial charge in [-0.15, -0.1) is 11.3 Å². The van der Waals surface area contributed by atoms with Crippen molar-refractivity contribution in [3.05, 3.63) is 64.4 Å². The van der Waals surface area contributed by atoms with Gasteiger partial charge in [-0.05, 0) is 37.6 Å². The molecular formula is C22H22FN3O3S. The smallest absolute Gasteiger partial charge is 0.259 e. The Kier molecular flexibility index (Phi) is 5.29. The highest BCUT2D eigenvalue weighted by molar-refractivity contribution is 7.20. The molecule has 0 spiro atoms. The molecule has 2 aromatic heterocycles. The van der Waals surface area contributed by atoms with Crippen molar-refractivity contribution in [3.63, 3.8) is 0 Å². The molecule has 1 unspecified atom stereocenters. The van der Waals surface area contributed by atoms with E-state index in [0.717, 1.165) is 5.39 Å². The summed E-state index contributed by atoms with van der Waals surface area (Å²) in [6, 6.07) is 9.77. The van der Waals surface area contributed by atoms with Crippen LogP contribution in [0.3, 0.4) is 0 Å². The number of halogens is 1. The van der Waals surface area contributed by atoms with Crippen LogP contribution in [0, 0.1) is 5.82 Å². The Morgan fingerprint density at radius 2 is 2.10 bits per heavy atom. The second-order valence-electron chi connectivity index (χ2n) is 7.81. The molecule has 1 atom stereocenters. The molecule has 0 saturated carbocycles. The second-order valence-corrected chi connectivity index (χ2v) is 8.81. The summed E-state index contributed by atoms with van der Waals surface area (Å²) in [4.78, 5) is 32.6. The molecule has 1 aliphatic rings. The zero-order valence-electron chi connectivity index (χ0n) is 16.7. The van der Waals surface area contributed by atoms with E-state index >= 15 is 0 Å². The number of nitrogens with two attached hydrogens (primary N) is 1. The van der Waals surface area contributed by atoms with Crippen LogP contribution in [0.25, 0.3) is 10.2 Å². The van der Waals surface area contributed by atoms with E-state index in [1.54, 1.807) is 43.1 Å². The summed E-state index contributed by atoms with van der Waals surface area (Å²) in [6.45, 7) is 4.59. The summed E-state index contributed by atoms with van der Waals surface area (Å²) in [5.74, 6) is -1.05. The number of hydrogen-bond donors (Lipinski definition) is 1. The van der Waals surface area contributed by atoms with Gasteiger partial charge in [-0.2, -0.15) is 0 Å². The molecule has 0 bridgehead atoms. The van der Waals surface area contributed by atoms with Crippen molar-refractivity contribution in [1.29, 1.82) is 0 Å². The lowest BCUT2D eigenvalue weighted by atomic mass is 9.83. The van der Waals surface area contributed by atoms with Crippen molar-refractivity contribution in [2.75, 3.05) is 19.7 Å². The molecule has 3 aromatic rings. The number of carbonyl (C=O) groups is 2. The zero-order chi connectivity index (χ0) is 21.5. The average molecular weight is 428 g/mol. The molecule has 1 aliphatic heterocycles. The number of carbonyl (C=O) groups excluding carboxylic acids is 2. The molecule has 0 aliphatic carbocycles. The molecule has 1 aromatic carbocycles. The zero-order valence-corrected chi connectivity index (χ0v) is 17.5. The number of rotatable bonds is 4. The predicted molar refractivity (Wildman–Crippen MR) is 113 cm³/mol. The van der Waals surface area contributed by atoms with Crippen LogP contribution in [-0.4, -0.2) is 41.4 Å². The highest BCUT2D eigenvalue weighted by Crippen LogP contribution is 2.38. The van der Waals surface area contributed by atoms with Crippen molar-refractivity contribution in [1.82, 2.24) is 9.88 Å². The Hall–Kier alpha value is -2.84. The highest BCUT2D eigenvalue weighted by atomic mass is 32.1. The number of hydrogen-bond acceptors (Lipinski definition) is 5. The Morgan fingerprint density at radius 3 is 2.83 bits per heavy atom. The number of primary amides is 1. The molecule has 156 valence electrons. The minimum absolute atomic E-state index is 0.125. The maximum absolute atomic E-state index is 13.7. The number of ether oxygens (including phenoxy) is 1. The minimum Gasteiger partial charge on any atom is -0.370 e. The third-order valence-electron chi connectivity index (χ3n) is 5.49. The lowest BCUT2D eigenvalue weighted by molar-refractivity contribution is -0.144. The molecule has 4 rings (SSSR count). The molecule has 30 heavy (non-hydrogen) atoms. The lowest BCUT2D eigenvalue weighted by Gasteiger charge is -2.38. The van der Waals surface area contributed by atoms with E-state index in [1.807, 2.05) is 6.07 Å². The maximum atomic E-state index is 13.7. The van der Waals surface area contributed by atoms with Gasteiger partial charge in [-0.25, -0.2) is 9.37 Å². The molecular weight excluding hydrogens is 405 g/mol. The van der Waals surface area contributed by atoms with Crippen molar-refractivity contribution in [2.24, 2.45) is 5.73 Å². The van der Waals surface area contributed by atoms with Gasteiger partial charge >= 0.3 is 0 Å². The van der Waals surface area contributed by atoms with E-state index in [0.29, 0.717) is 34.0 Å². The predicted octanol–water partition coefficient (Wildman–Crippen LogP) is 3.41. The van der Waals surface area contributed by atoms with Crippen molar-refractivity contribution in [2.45, 2.75) is 25.4 Å². The Labute approximate surface area is 177 Å².